The SMILES string of the molecule is O=S(=O)([O-])C(c1ccccc1)S(=O)(=O)[O-].[Rb+].[Rb+]. The van der Waals surface area contributed by atoms with Crippen LogP contribution in [0.3, 0.4) is 0 Å². The first-order valence-electron chi connectivity index (χ1n) is 3.67. The molecule has 17 heavy (non-hydrogen) atoms. The van der Waals surface area contributed by atoms with E-state index >= 15 is 0 Å². The normalized spacial score (nSPS) is 11.5. The van der Waals surface area contributed by atoms with E-state index in [4.69, 9.17) is 0 Å². The summed E-state index contributed by atoms with van der Waals surface area (Å²) in [5.74, 6) is 0. The number of benzene rings is 1. The van der Waals surface area contributed by atoms with Gasteiger partial charge >= 0.3 is 116 Å². The third-order valence-corrected chi connectivity index (χ3v) is 4.60. The van der Waals surface area contributed by atoms with Crippen molar-refractivity contribution in [1.29, 1.82) is 0 Å². The van der Waals surface area contributed by atoms with Crippen LogP contribution in [0.2, 0.25) is 0 Å². The fourth-order valence-electron chi connectivity index (χ4n) is 1.09. The monoisotopic (exact) mass is 420 g/mol. The summed E-state index contributed by atoms with van der Waals surface area (Å²) >= 11 is 0. The summed E-state index contributed by atoms with van der Waals surface area (Å²) < 4.78 is 61.3. The first-order chi connectivity index (χ1) is 6.73. The second kappa shape index (κ2) is 8.83. The maximum Gasteiger partial charge on any atom is 1.00 e. The second-order valence-corrected chi connectivity index (χ2v) is 5.94. The van der Waals surface area contributed by atoms with Gasteiger partial charge in [0.2, 0.25) is 0 Å². The fourth-order valence-corrected chi connectivity index (χ4v) is 3.22. The minimum absolute atomic E-state index is 0. The molecule has 0 heterocycles. The van der Waals surface area contributed by atoms with Crippen LogP contribution in [0.1, 0.15) is 10.1 Å². The van der Waals surface area contributed by atoms with Gasteiger partial charge in [-0.25, -0.2) is 16.8 Å². The molecular formula is C7H6O6Rb2S2. The molecule has 0 atom stereocenters. The van der Waals surface area contributed by atoms with Crippen molar-refractivity contribution >= 4 is 20.2 Å². The standard InChI is InChI=1S/C7H8O6S2.2Rb/c8-14(9,10)7(15(11,12)13)6-4-2-1-3-5-6;;/h1-5,7H,(H,8,9,10)(H,11,12,13);;/q;2*+1/p-2. The minimum atomic E-state index is -5.23. The van der Waals surface area contributed by atoms with Crippen LogP contribution >= 0.6 is 0 Å². The molecule has 0 aliphatic heterocycles. The molecule has 84 valence electrons. The van der Waals surface area contributed by atoms with Gasteiger partial charge in [-0.15, -0.1) is 0 Å². The molecule has 0 N–H and O–H groups in total. The van der Waals surface area contributed by atoms with Gasteiger partial charge in [-0.2, -0.15) is 0 Å². The average molecular weight is 421 g/mol. The molecule has 0 fully saturated rings. The van der Waals surface area contributed by atoms with Crippen LogP contribution in [0.25, 0.3) is 0 Å². The van der Waals surface area contributed by atoms with Crippen molar-refractivity contribution in [3.05, 3.63) is 35.9 Å². The van der Waals surface area contributed by atoms with Crippen molar-refractivity contribution in [2.45, 2.75) is 4.58 Å². The topological polar surface area (TPSA) is 114 Å². The third-order valence-electron chi connectivity index (χ3n) is 1.60. The van der Waals surface area contributed by atoms with Gasteiger partial charge in [0.1, 0.15) is 20.2 Å². The molecule has 1 rings (SSSR count). The summed E-state index contributed by atoms with van der Waals surface area (Å²) in [7, 11) is -10.5. The largest absolute Gasteiger partial charge is 1.00 e. The number of rotatable bonds is 3. The molecule has 1 aromatic rings. The van der Waals surface area contributed by atoms with E-state index in [1.807, 2.05) is 0 Å². The predicted molar refractivity (Wildman–Crippen MR) is 48.6 cm³/mol. The molecular weight excluding hydrogens is 415 g/mol. The summed E-state index contributed by atoms with van der Waals surface area (Å²) in [6.45, 7) is 0. The molecule has 0 aliphatic carbocycles. The Morgan fingerprint density at radius 3 is 1.47 bits per heavy atom. The second-order valence-electron chi connectivity index (χ2n) is 2.73. The smallest absolute Gasteiger partial charge is 0.747 e. The molecule has 0 unspecified atom stereocenters. The van der Waals surface area contributed by atoms with Crippen LogP contribution in [-0.4, -0.2) is 25.9 Å². The van der Waals surface area contributed by atoms with Crippen molar-refractivity contribution in [2.24, 2.45) is 0 Å². The predicted octanol–water partition coefficient (Wildman–Crippen LogP) is -6.22. The van der Waals surface area contributed by atoms with Gasteiger partial charge in [0.15, 0.2) is 4.58 Å². The molecule has 1 aromatic carbocycles. The van der Waals surface area contributed by atoms with E-state index in [0.717, 1.165) is 12.1 Å². The molecule has 6 nitrogen and oxygen atoms in total. The molecule has 0 radical (unpaired) electrons. The van der Waals surface area contributed by atoms with Gasteiger partial charge < -0.3 is 9.11 Å². The molecule has 0 saturated heterocycles. The Hall–Kier alpha value is 2.65. The Labute approximate surface area is 198 Å². The molecule has 0 amide bonds. The van der Waals surface area contributed by atoms with Gasteiger partial charge in [0.25, 0.3) is 0 Å². The summed E-state index contributed by atoms with van der Waals surface area (Å²) in [6, 6.07) is 6.35. The van der Waals surface area contributed by atoms with Crippen LogP contribution in [-0.2, 0) is 20.2 Å². The number of hydrogen-bond acceptors (Lipinski definition) is 6. The van der Waals surface area contributed by atoms with Crippen molar-refractivity contribution < 1.29 is 142 Å². The minimum Gasteiger partial charge on any atom is -0.747 e. The maximum atomic E-state index is 10.6. The van der Waals surface area contributed by atoms with Gasteiger partial charge in [-0.3, -0.25) is 0 Å². The average Bonchev–Trinajstić information content (AvgIpc) is 2.00. The summed E-state index contributed by atoms with van der Waals surface area (Å²) in [4.78, 5) is 0. The Bertz CT molecular complexity index is 507. The molecule has 0 bridgehead atoms. The zero-order valence-corrected chi connectivity index (χ0v) is 20.7. The summed E-state index contributed by atoms with van der Waals surface area (Å²) in [5, 5.41) is 0. The van der Waals surface area contributed by atoms with E-state index in [1.165, 1.54) is 18.2 Å². The molecule has 0 spiro atoms. The van der Waals surface area contributed by atoms with E-state index in [0.29, 0.717) is 0 Å². The Morgan fingerprint density at radius 1 is 0.824 bits per heavy atom. The van der Waals surface area contributed by atoms with E-state index in [2.05, 4.69) is 0 Å². The van der Waals surface area contributed by atoms with Crippen molar-refractivity contribution in [2.75, 3.05) is 0 Å². The Balaban J connectivity index is 0. The first-order valence-corrected chi connectivity index (χ1v) is 6.61. The van der Waals surface area contributed by atoms with Crippen LogP contribution in [0.5, 0.6) is 0 Å². The van der Waals surface area contributed by atoms with E-state index in [1.54, 1.807) is 0 Å². The molecule has 0 saturated carbocycles. The van der Waals surface area contributed by atoms with Gasteiger partial charge in [-0.1, -0.05) is 30.3 Å². The van der Waals surface area contributed by atoms with E-state index < -0.39 is 24.8 Å². The van der Waals surface area contributed by atoms with Crippen molar-refractivity contribution in [3.63, 3.8) is 0 Å². The van der Waals surface area contributed by atoms with Crippen molar-refractivity contribution in [1.82, 2.24) is 0 Å². The number of hydrogen-bond donors (Lipinski definition) is 0. The fraction of sp³-hybridized carbons (Fsp3) is 0.143. The summed E-state index contributed by atoms with van der Waals surface area (Å²) in [6.07, 6.45) is 0. The van der Waals surface area contributed by atoms with Crippen LogP contribution in [0.15, 0.2) is 30.3 Å². The van der Waals surface area contributed by atoms with E-state index in [-0.39, 0.29) is 122 Å². The van der Waals surface area contributed by atoms with Gasteiger partial charge in [0.05, 0.1) is 0 Å². The summed E-state index contributed by atoms with van der Waals surface area (Å²) in [5.41, 5.74) is -0.345. The van der Waals surface area contributed by atoms with Crippen molar-refractivity contribution in [3.8, 4) is 0 Å². The molecule has 0 aromatic heterocycles. The molecule has 10 heteroatoms. The molecule has 0 aliphatic rings. The Kier molecular flexibility index (Phi) is 11.4. The quantitative estimate of drug-likeness (QED) is 0.449. The zero-order chi connectivity index (χ0) is 11.7. The van der Waals surface area contributed by atoms with Gasteiger partial charge in [-0.05, 0) is 5.56 Å². The van der Waals surface area contributed by atoms with E-state index in [9.17, 15) is 25.9 Å². The first kappa shape index (κ1) is 21.9. The van der Waals surface area contributed by atoms with Gasteiger partial charge in [0, 0.05) is 0 Å². The Morgan fingerprint density at radius 2 is 1.18 bits per heavy atom. The van der Waals surface area contributed by atoms with Crippen LogP contribution < -0.4 is 116 Å². The third kappa shape index (κ3) is 7.28. The maximum absolute atomic E-state index is 10.6. The van der Waals surface area contributed by atoms with Crippen LogP contribution in [0.4, 0.5) is 0 Å². The zero-order valence-electron chi connectivity index (χ0n) is 9.23. The van der Waals surface area contributed by atoms with Crippen LogP contribution in [0, 0.1) is 0 Å².